The quantitative estimate of drug-likeness (QED) is 0.680. The molecule has 0 amide bonds. The molecule has 0 heterocycles. The Labute approximate surface area is 124 Å². The second kappa shape index (κ2) is 9.68. The van der Waals surface area contributed by atoms with E-state index in [-0.39, 0.29) is 12.2 Å². The summed E-state index contributed by atoms with van der Waals surface area (Å²) in [5.74, 6) is -0.138. The minimum atomic E-state index is -0.954. The van der Waals surface area contributed by atoms with Crippen LogP contribution in [0.25, 0.3) is 0 Å². The summed E-state index contributed by atoms with van der Waals surface area (Å²) in [7, 11) is 3.05. The molecule has 1 aromatic rings. The Balaban J connectivity index is 2.65. The Morgan fingerprint density at radius 1 is 1.24 bits per heavy atom. The Bertz CT molecular complexity index is 417. The van der Waals surface area contributed by atoms with Gasteiger partial charge < -0.3 is 19.7 Å². The molecule has 21 heavy (non-hydrogen) atoms. The Hall–Kier alpha value is -1.21. The first-order chi connectivity index (χ1) is 10.1. The second-order valence-electron chi connectivity index (χ2n) is 4.72. The molecular weight excluding hydrogens is 277 g/mol. The number of benzene rings is 1. The summed E-state index contributed by atoms with van der Waals surface area (Å²) in [6, 6.07) is 4.47. The summed E-state index contributed by atoms with van der Waals surface area (Å²) in [6.45, 7) is 2.24. The Morgan fingerprint density at radius 3 is 2.62 bits per heavy atom. The fourth-order valence-electron chi connectivity index (χ4n) is 2.17. The molecule has 0 saturated heterocycles. The van der Waals surface area contributed by atoms with Gasteiger partial charge in [-0.05, 0) is 18.6 Å². The van der Waals surface area contributed by atoms with E-state index in [0.29, 0.717) is 38.4 Å². The van der Waals surface area contributed by atoms with Crippen molar-refractivity contribution in [1.82, 2.24) is 4.90 Å². The van der Waals surface area contributed by atoms with Crippen LogP contribution in [-0.2, 0) is 4.74 Å². The number of rotatable bonds is 10. The van der Waals surface area contributed by atoms with Crippen LogP contribution >= 0.6 is 0 Å². The highest BCUT2D eigenvalue weighted by atomic mass is 19.1. The molecule has 1 unspecified atom stereocenters. The van der Waals surface area contributed by atoms with E-state index in [9.17, 15) is 9.50 Å². The molecule has 6 heteroatoms. The van der Waals surface area contributed by atoms with E-state index in [2.05, 4.69) is 0 Å². The SMILES string of the molecule is COCCN(CCO)CCC(O)c1c(F)cccc1OC. The maximum absolute atomic E-state index is 13.8. The van der Waals surface area contributed by atoms with Crippen LogP contribution in [0.3, 0.4) is 0 Å². The average Bonchev–Trinajstić information content (AvgIpc) is 2.49. The maximum Gasteiger partial charge on any atom is 0.132 e. The van der Waals surface area contributed by atoms with E-state index in [1.165, 1.54) is 13.2 Å². The van der Waals surface area contributed by atoms with Gasteiger partial charge in [-0.3, -0.25) is 4.90 Å². The number of methoxy groups -OCH3 is 2. The van der Waals surface area contributed by atoms with Gasteiger partial charge in [-0.15, -0.1) is 0 Å². The van der Waals surface area contributed by atoms with Gasteiger partial charge in [0.15, 0.2) is 0 Å². The number of aliphatic hydroxyl groups is 2. The smallest absolute Gasteiger partial charge is 0.132 e. The van der Waals surface area contributed by atoms with E-state index in [1.807, 2.05) is 4.90 Å². The van der Waals surface area contributed by atoms with Gasteiger partial charge in [-0.25, -0.2) is 4.39 Å². The molecule has 1 rings (SSSR count). The molecule has 0 aliphatic heterocycles. The van der Waals surface area contributed by atoms with Crippen molar-refractivity contribution in [1.29, 1.82) is 0 Å². The minimum Gasteiger partial charge on any atom is -0.496 e. The number of nitrogens with zero attached hydrogens (tertiary/aromatic N) is 1. The third kappa shape index (κ3) is 5.59. The van der Waals surface area contributed by atoms with Crippen LogP contribution in [0, 0.1) is 5.82 Å². The molecule has 5 nitrogen and oxygen atoms in total. The fraction of sp³-hybridized carbons (Fsp3) is 0.600. The van der Waals surface area contributed by atoms with Crippen molar-refractivity contribution >= 4 is 0 Å². The molecule has 0 aliphatic carbocycles. The van der Waals surface area contributed by atoms with E-state index in [4.69, 9.17) is 14.6 Å². The van der Waals surface area contributed by atoms with Gasteiger partial charge in [0.2, 0.25) is 0 Å². The lowest BCUT2D eigenvalue weighted by atomic mass is 10.0. The molecule has 120 valence electrons. The maximum atomic E-state index is 13.8. The summed E-state index contributed by atoms with van der Waals surface area (Å²) < 4.78 is 23.9. The zero-order chi connectivity index (χ0) is 15.7. The molecule has 0 radical (unpaired) electrons. The van der Waals surface area contributed by atoms with Crippen LogP contribution in [0.2, 0.25) is 0 Å². The molecule has 0 fully saturated rings. The lowest BCUT2D eigenvalue weighted by molar-refractivity contribution is 0.103. The van der Waals surface area contributed by atoms with Crippen LogP contribution in [-0.4, -0.2) is 62.2 Å². The summed E-state index contributed by atoms with van der Waals surface area (Å²) in [5.41, 5.74) is 0.177. The molecule has 2 N–H and O–H groups in total. The highest BCUT2D eigenvalue weighted by molar-refractivity contribution is 5.36. The van der Waals surface area contributed by atoms with Gasteiger partial charge in [-0.1, -0.05) is 6.07 Å². The largest absolute Gasteiger partial charge is 0.496 e. The van der Waals surface area contributed by atoms with E-state index in [0.717, 1.165) is 0 Å². The summed E-state index contributed by atoms with van der Waals surface area (Å²) >= 11 is 0. The standard InChI is InChI=1S/C15H24FNO4/c1-20-11-9-17(8-10-18)7-6-13(19)15-12(16)4-3-5-14(15)21-2/h3-5,13,18-19H,6-11H2,1-2H3. The molecular formula is C15H24FNO4. The van der Waals surface area contributed by atoms with Gasteiger partial charge in [0.05, 0.1) is 32.0 Å². The number of hydrogen-bond donors (Lipinski definition) is 2. The third-order valence-corrected chi connectivity index (χ3v) is 3.31. The van der Waals surface area contributed by atoms with Crippen molar-refractivity contribution in [3.63, 3.8) is 0 Å². The molecule has 0 aliphatic rings. The first-order valence-electron chi connectivity index (χ1n) is 6.96. The minimum absolute atomic E-state index is 0.0306. The Morgan fingerprint density at radius 2 is 2.00 bits per heavy atom. The molecule has 0 bridgehead atoms. The van der Waals surface area contributed by atoms with E-state index in [1.54, 1.807) is 19.2 Å². The van der Waals surface area contributed by atoms with E-state index < -0.39 is 11.9 Å². The summed E-state index contributed by atoms with van der Waals surface area (Å²) in [6.07, 6.45) is -0.606. The molecule has 0 saturated carbocycles. The monoisotopic (exact) mass is 301 g/mol. The third-order valence-electron chi connectivity index (χ3n) is 3.31. The molecule has 1 aromatic carbocycles. The second-order valence-corrected chi connectivity index (χ2v) is 4.72. The van der Waals surface area contributed by atoms with E-state index >= 15 is 0 Å². The van der Waals surface area contributed by atoms with Gasteiger partial charge in [0, 0.05) is 26.7 Å². The average molecular weight is 301 g/mol. The predicted octanol–water partition coefficient (Wildman–Crippen LogP) is 1.20. The first-order valence-corrected chi connectivity index (χ1v) is 6.96. The number of hydrogen-bond acceptors (Lipinski definition) is 5. The molecule has 0 spiro atoms. The summed E-state index contributed by atoms with van der Waals surface area (Å²) in [5, 5.41) is 19.2. The Kier molecular flexibility index (Phi) is 8.22. The van der Waals surface area contributed by atoms with Crippen LogP contribution in [0.5, 0.6) is 5.75 Å². The molecule has 1 atom stereocenters. The highest BCUT2D eigenvalue weighted by Gasteiger charge is 2.19. The first kappa shape index (κ1) is 17.8. The highest BCUT2D eigenvalue weighted by Crippen LogP contribution is 2.29. The fourth-order valence-corrected chi connectivity index (χ4v) is 2.17. The predicted molar refractivity (Wildman–Crippen MR) is 77.9 cm³/mol. The number of ether oxygens (including phenoxy) is 2. The normalized spacial score (nSPS) is 12.7. The zero-order valence-electron chi connectivity index (χ0n) is 12.6. The number of aliphatic hydroxyl groups excluding tert-OH is 2. The van der Waals surface area contributed by atoms with Crippen molar-refractivity contribution in [2.24, 2.45) is 0 Å². The lowest BCUT2D eigenvalue weighted by Gasteiger charge is -2.23. The van der Waals surface area contributed by atoms with Crippen LogP contribution in [0.15, 0.2) is 18.2 Å². The van der Waals surface area contributed by atoms with Crippen LogP contribution in [0.1, 0.15) is 18.1 Å². The zero-order valence-corrected chi connectivity index (χ0v) is 12.6. The van der Waals surface area contributed by atoms with Crippen molar-refractivity contribution in [2.75, 3.05) is 47.1 Å². The lowest BCUT2D eigenvalue weighted by Crippen LogP contribution is -2.32. The van der Waals surface area contributed by atoms with Crippen LogP contribution in [0.4, 0.5) is 4.39 Å². The van der Waals surface area contributed by atoms with Crippen molar-refractivity contribution in [3.8, 4) is 5.75 Å². The topological polar surface area (TPSA) is 62.2 Å². The molecule has 0 aromatic heterocycles. The van der Waals surface area contributed by atoms with Crippen molar-refractivity contribution < 1.29 is 24.1 Å². The van der Waals surface area contributed by atoms with Crippen molar-refractivity contribution in [3.05, 3.63) is 29.6 Å². The van der Waals surface area contributed by atoms with Gasteiger partial charge in [0.1, 0.15) is 11.6 Å². The number of halogens is 1. The van der Waals surface area contributed by atoms with Gasteiger partial charge in [0.25, 0.3) is 0 Å². The van der Waals surface area contributed by atoms with Crippen LogP contribution < -0.4 is 4.74 Å². The van der Waals surface area contributed by atoms with Crippen molar-refractivity contribution in [2.45, 2.75) is 12.5 Å². The summed E-state index contributed by atoms with van der Waals surface area (Å²) in [4.78, 5) is 1.96. The van der Waals surface area contributed by atoms with Gasteiger partial charge >= 0.3 is 0 Å². The van der Waals surface area contributed by atoms with Gasteiger partial charge in [-0.2, -0.15) is 0 Å².